The number of rotatable bonds is 6. The first kappa shape index (κ1) is 15.1. The third-order valence-corrected chi connectivity index (χ3v) is 3.99. The molecule has 2 amide bonds. The highest BCUT2D eigenvalue weighted by molar-refractivity contribution is 7.99. The minimum absolute atomic E-state index is 0.157. The van der Waals surface area contributed by atoms with Crippen LogP contribution in [0.3, 0.4) is 0 Å². The van der Waals surface area contributed by atoms with Crippen LogP contribution in [-0.2, 0) is 9.53 Å². The maximum atomic E-state index is 11.6. The zero-order valence-electron chi connectivity index (χ0n) is 10.6. The van der Waals surface area contributed by atoms with Gasteiger partial charge in [-0.1, -0.05) is 6.92 Å². The van der Waals surface area contributed by atoms with E-state index in [9.17, 15) is 9.59 Å². The molecule has 3 atom stereocenters. The summed E-state index contributed by atoms with van der Waals surface area (Å²) in [4.78, 5) is 22.4. The van der Waals surface area contributed by atoms with Crippen molar-refractivity contribution in [2.45, 2.75) is 24.6 Å². The van der Waals surface area contributed by atoms with Crippen molar-refractivity contribution < 1.29 is 19.4 Å². The summed E-state index contributed by atoms with van der Waals surface area (Å²) in [6.45, 7) is 3.09. The summed E-state index contributed by atoms with van der Waals surface area (Å²) in [6, 6.07) is -0.773. The summed E-state index contributed by atoms with van der Waals surface area (Å²) in [6.07, 6.45) is 2.91. The van der Waals surface area contributed by atoms with Crippen LogP contribution in [0.25, 0.3) is 0 Å². The zero-order valence-corrected chi connectivity index (χ0v) is 11.5. The SMILES string of the molecule is CSC(C)CCNC(=O)NC1COCC1C(=O)O. The molecule has 0 bridgehead atoms. The fraction of sp³-hybridized carbons (Fsp3) is 0.818. The van der Waals surface area contributed by atoms with Gasteiger partial charge in [-0.3, -0.25) is 4.79 Å². The minimum Gasteiger partial charge on any atom is -0.481 e. The van der Waals surface area contributed by atoms with Gasteiger partial charge in [0.1, 0.15) is 5.92 Å². The monoisotopic (exact) mass is 276 g/mol. The van der Waals surface area contributed by atoms with Crippen LogP contribution < -0.4 is 10.6 Å². The molecule has 0 aromatic carbocycles. The molecule has 6 nitrogen and oxygen atoms in total. The van der Waals surface area contributed by atoms with Crippen molar-refractivity contribution >= 4 is 23.8 Å². The van der Waals surface area contributed by atoms with E-state index in [1.165, 1.54) is 0 Å². The number of thioether (sulfide) groups is 1. The molecule has 0 radical (unpaired) electrons. The van der Waals surface area contributed by atoms with Crippen LogP contribution in [0.1, 0.15) is 13.3 Å². The second-order valence-electron chi connectivity index (χ2n) is 4.32. The van der Waals surface area contributed by atoms with E-state index >= 15 is 0 Å². The lowest BCUT2D eigenvalue weighted by atomic mass is 10.0. The quantitative estimate of drug-likeness (QED) is 0.658. The summed E-state index contributed by atoms with van der Waals surface area (Å²) in [7, 11) is 0. The second kappa shape index (κ2) is 7.48. The molecular formula is C11H20N2O4S. The predicted molar refractivity (Wildman–Crippen MR) is 69.9 cm³/mol. The van der Waals surface area contributed by atoms with Gasteiger partial charge < -0.3 is 20.5 Å². The van der Waals surface area contributed by atoms with Crippen LogP contribution in [0.15, 0.2) is 0 Å². The summed E-state index contributed by atoms with van der Waals surface area (Å²) < 4.78 is 5.07. The van der Waals surface area contributed by atoms with Crippen LogP contribution in [0.4, 0.5) is 4.79 Å². The van der Waals surface area contributed by atoms with Gasteiger partial charge in [0.25, 0.3) is 0 Å². The van der Waals surface area contributed by atoms with E-state index in [-0.39, 0.29) is 19.2 Å². The van der Waals surface area contributed by atoms with Crippen LogP contribution in [0.5, 0.6) is 0 Å². The Labute approximate surface area is 111 Å². The van der Waals surface area contributed by atoms with Gasteiger partial charge in [-0.2, -0.15) is 11.8 Å². The number of aliphatic carboxylic acids is 1. The Morgan fingerprint density at radius 1 is 1.50 bits per heavy atom. The van der Waals surface area contributed by atoms with Gasteiger partial charge in [0.05, 0.1) is 19.3 Å². The molecular weight excluding hydrogens is 256 g/mol. The third kappa shape index (κ3) is 4.73. The van der Waals surface area contributed by atoms with Gasteiger partial charge in [0.2, 0.25) is 0 Å². The number of carboxylic acid groups (broad SMARTS) is 1. The molecule has 1 rings (SSSR count). The lowest BCUT2D eigenvalue weighted by Gasteiger charge is -2.16. The summed E-state index contributed by atoms with van der Waals surface area (Å²) in [5.74, 6) is -1.59. The largest absolute Gasteiger partial charge is 0.481 e. The number of hydrogen-bond acceptors (Lipinski definition) is 4. The predicted octanol–water partition coefficient (Wildman–Crippen LogP) is 0.527. The first-order valence-corrected chi connectivity index (χ1v) is 7.21. The van der Waals surface area contributed by atoms with Crippen molar-refractivity contribution in [1.82, 2.24) is 10.6 Å². The van der Waals surface area contributed by atoms with E-state index in [0.29, 0.717) is 11.8 Å². The molecule has 1 aliphatic rings. The first-order chi connectivity index (χ1) is 8.54. The molecule has 1 fully saturated rings. The number of ether oxygens (including phenoxy) is 1. The molecule has 0 aromatic rings. The number of amides is 2. The highest BCUT2D eigenvalue weighted by Gasteiger charge is 2.34. The van der Waals surface area contributed by atoms with E-state index < -0.39 is 17.9 Å². The summed E-state index contributed by atoms with van der Waals surface area (Å²) in [5.41, 5.74) is 0. The minimum atomic E-state index is -0.936. The maximum absolute atomic E-state index is 11.6. The normalized spacial score (nSPS) is 24.6. The fourth-order valence-corrected chi connectivity index (χ4v) is 2.02. The summed E-state index contributed by atoms with van der Waals surface area (Å²) >= 11 is 1.74. The molecule has 0 aliphatic carbocycles. The smallest absolute Gasteiger partial charge is 0.315 e. The van der Waals surface area contributed by atoms with Gasteiger partial charge >= 0.3 is 12.0 Å². The lowest BCUT2D eigenvalue weighted by Crippen LogP contribution is -2.47. The average molecular weight is 276 g/mol. The Kier molecular flexibility index (Phi) is 6.28. The number of carboxylic acids is 1. The van der Waals surface area contributed by atoms with Crippen molar-refractivity contribution in [2.24, 2.45) is 5.92 Å². The van der Waals surface area contributed by atoms with Crippen molar-refractivity contribution in [3.63, 3.8) is 0 Å². The molecule has 7 heteroatoms. The van der Waals surface area contributed by atoms with Gasteiger partial charge in [-0.15, -0.1) is 0 Å². The average Bonchev–Trinajstić information content (AvgIpc) is 2.76. The van der Waals surface area contributed by atoms with E-state index in [1.54, 1.807) is 11.8 Å². The van der Waals surface area contributed by atoms with Crippen LogP contribution in [0, 0.1) is 5.92 Å². The molecule has 104 valence electrons. The zero-order chi connectivity index (χ0) is 13.5. The van der Waals surface area contributed by atoms with Crippen molar-refractivity contribution in [1.29, 1.82) is 0 Å². The Balaban J connectivity index is 2.25. The highest BCUT2D eigenvalue weighted by atomic mass is 32.2. The Morgan fingerprint density at radius 2 is 2.22 bits per heavy atom. The van der Waals surface area contributed by atoms with Crippen LogP contribution in [-0.4, -0.2) is 54.4 Å². The summed E-state index contributed by atoms with van der Waals surface area (Å²) in [5, 5.41) is 14.8. The topological polar surface area (TPSA) is 87.7 Å². The van der Waals surface area contributed by atoms with E-state index in [0.717, 1.165) is 6.42 Å². The number of nitrogens with one attached hydrogen (secondary N) is 2. The van der Waals surface area contributed by atoms with Crippen LogP contribution >= 0.6 is 11.8 Å². The van der Waals surface area contributed by atoms with Gasteiger partial charge in [-0.05, 0) is 12.7 Å². The number of carbonyl (C=O) groups is 2. The Hall–Kier alpha value is -0.950. The van der Waals surface area contributed by atoms with Gasteiger partial charge in [-0.25, -0.2) is 4.79 Å². The molecule has 1 aliphatic heterocycles. The standard InChI is InChI=1S/C11H20N2O4S/c1-7(18-2)3-4-12-11(16)13-9-6-17-5-8(9)10(14)15/h7-9H,3-6H2,1-2H3,(H,14,15)(H2,12,13,16). The van der Waals surface area contributed by atoms with Crippen LogP contribution in [0.2, 0.25) is 0 Å². The van der Waals surface area contributed by atoms with Gasteiger partial charge in [0.15, 0.2) is 0 Å². The maximum Gasteiger partial charge on any atom is 0.315 e. The molecule has 3 N–H and O–H groups in total. The highest BCUT2D eigenvalue weighted by Crippen LogP contribution is 2.13. The molecule has 1 saturated heterocycles. The van der Waals surface area contributed by atoms with Crippen molar-refractivity contribution in [3.8, 4) is 0 Å². The van der Waals surface area contributed by atoms with E-state index in [4.69, 9.17) is 9.84 Å². The second-order valence-corrected chi connectivity index (χ2v) is 5.60. The molecule has 0 saturated carbocycles. The molecule has 3 unspecified atom stereocenters. The van der Waals surface area contributed by atoms with E-state index in [1.807, 2.05) is 6.26 Å². The molecule has 18 heavy (non-hydrogen) atoms. The fourth-order valence-electron chi connectivity index (χ4n) is 1.67. The van der Waals surface area contributed by atoms with Crippen molar-refractivity contribution in [2.75, 3.05) is 26.0 Å². The number of carbonyl (C=O) groups excluding carboxylic acids is 1. The Bertz CT molecular complexity index is 301. The van der Waals surface area contributed by atoms with Crippen molar-refractivity contribution in [3.05, 3.63) is 0 Å². The van der Waals surface area contributed by atoms with E-state index in [2.05, 4.69) is 17.6 Å². The number of urea groups is 1. The molecule has 0 spiro atoms. The Morgan fingerprint density at radius 3 is 2.83 bits per heavy atom. The third-order valence-electron chi connectivity index (χ3n) is 2.95. The molecule has 1 heterocycles. The number of hydrogen-bond donors (Lipinski definition) is 3. The first-order valence-electron chi connectivity index (χ1n) is 5.92. The van der Waals surface area contributed by atoms with Gasteiger partial charge in [0, 0.05) is 11.8 Å². The molecule has 0 aromatic heterocycles. The lowest BCUT2D eigenvalue weighted by molar-refractivity contribution is -0.142.